The van der Waals surface area contributed by atoms with Gasteiger partial charge >= 0.3 is 0 Å². The summed E-state index contributed by atoms with van der Waals surface area (Å²) in [6.07, 6.45) is 1.71. The highest BCUT2D eigenvalue weighted by Gasteiger charge is 2.15. The van der Waals surface area contributed by atoms with Crippen LogP contribution in [-0.4, -0.2) is 15.0 Å². The highest BCUT2D eigenvalue weighted by molar-refractivity contribution is 5.21. The average molecular weight is 238 g/mol. The fraction of sp³-hybridized carbons (Fsp3) is 0.273. The van der Waals surface area contributed by atoms with Crippen molar-refractivity contribution >= 4 is 0 Å². The third kappa shape index (κ3) is 2.31. The van der Waals surface area contributed by atoms with Crippen LogP contribution in [-0.2, 0) is 13.5 Å². The number of halogens is 2. The van der Waals surface area contributed by atoms with Crippen molar-refractivity contribution in [1.82, 2.24) is 15.0 Å². The predicted molar refractivity (Wildman–Crippen MR) is 58.0 cm³/mol. The quantitative estimate of drug-likeness (QED) is 0.877. The maximum atomic E-state index is 13.4. The van der Waals surface area contributed by atoms with E-state index < -0.39 is 17.7 Å². The van der Waals surface area contributed by atoms with Crippen molar-refractivity contribution in [3.63, 3.8) is 0 Å². The molecule has 1 aromatic heterocycles. The van der Waals surface area contributed by atoms with Crippen LogP contribution in [0.25, 0.3) is 0 Å². The molecule has 0 aliphatic heterocycles. The SMILES string of the molecule is Cn1nncc1C(N)Cc1cccc(F)c1F. The Bertz CT molecular complexity index is 524. The van der Waals surface area contributed by atoms with Gasteiger partial charge < -0.3 is 5.73 Å². The first kappa shape index (κ1) is 11.7. The maximum absolute atomic E-state index is 13.4. The van der Waals surface area contributed by atoms with Crippen molar-refractivity contribution in [1.29, 1.82) is 0 Å². The van der Waals surface area contributed by atoms with Gasteiger partial charge in [-0.1, -0.05) is 17.3 Å². The van der Waals surface area contributed by atoms with Gasteiger partial charge in [-0.3, -0.25) is 4.68 Å². The number of aromatic nitrogens is 3. The molecule has 1 unspecified atom stereocenters. The molecule has 2 N–H and O–H groups in total. The number of hydrogen-bond acceptors (Lipinski definition) is 3. The molecule has 2 aromatic rings. The van der Waals surface area contributed by atoms with E-state index in [4.69, 9.17) is 5.73 Å². The van der Waals surface area contributed by atoms with Crippen molar-refractivity contribution in [3.8, 4) is 0 Å². The summed E-state index contributed by atoms with van der Waals surface area (Å²) in [7, 11) is 1.70. The monoisotopic (exact) mass is 238 g/mol. The van der Waals surface area contributed by atoms with Crippen molar-refractivity contribution < 1.29 is 8.78 Å². The predicted octanol–water partition coefficient (Wildman–Crippen LogP) is 1.34. The van der Waals surface area contributed by atoms with Crippen molar-refractivity contribution in [3.05, 3.63) is 47.3 Å². The number of aryl methyl sites for hydroxylation is 1. The Balaban J connectivity index is 2.22. The van der Waals surface area contributed by atoms with E-state index in [-0.39, 0.29) is 12.0 Å². The molecule has 90 valence electrons. The minimum absolute atomic E-state index is 0.199. The van der Waals surface area contributed by atoms with E-state index in [0.29, 0.717) is 5.69 Å². The van der Waals surface area contributed by atoms with Gasteiger partial charge in [-0.05, 0) is 18.1 Å². The van der Waals surface area contributed by atoms with E-state index in [0.717, 1.165) is 6.07 Å². The van der Waals surface area contributed by atoms with Gasteiger partial charge in [0.15, 0.2) is 11.6 Å². The molecule has 0 fully saturated rings. The molecule has 0 saturated carbocycles. The lowest BCUT2D eigenvalue weighted by Gasteiger charge is -2.11. The summed E-state index contributed by atoms with van der Waals surface area (Å²) in [5.74, 6) is -1.71. The van der Waals surface area contributed by atoms with E-state index in [1.807, 2.05) is 0 Å². The van der Waals surface area contributed by atoms with Crippen molar-refractivity contribution in [2.75, 3.05) is 0 Å². The van der Waals surface area contributed by atoms with Gasteiger partial charge in [0.2, 0.25) is 0 Å². The smallest absolute Gasteiger partial charge is 0.162 e. The summed E-state index contributed by atoms with van der Waals surface area (Å²) >= 11 is 0. The van der Waals surface area contributed by atoms with Crippen LogP contribution in [0.3, 0.4) is 0 Å². The van der Waals surface area contributed by atoms with E-state index in [1.165, 1.54) is 23.0 Å². The molecule has 17 heavy (non-hydrogen) atoms. The van der Waals surface area contributed by atoms with E-state index in [9.17, 15) is 8.78 Å². The third-order valence-corrected chi connectivity index (χ3v) is 2.60. The van der Waals surface area contributed by atoms with Gasteiger partial charge in [0, 0.05) is 7.05 Å². The van der Waals surface area contributed by atoms with Crippen LogP contribution in [0.4, 0.5) is 8.78 Å². The molecule has 0 radical (unpaired) electrons. The molecule has 4 nitrogen and oxygen atoms in total. The second kappa shape index (κ2) is 4.58. The fourth-order valence-electron chi connectivity index (χ4n) is 1.68. The van der Waals surface area contributed by atoms with Gasteiger partial charge in [-0.2, -0.15) is 0 Å². The van der Waals surface area contributed by atoms with Crippen LogP contribution in [0, 0.1) is 11.6 Å². The van der Waals surface area contributed by atoms with E-state index in [1.54, 1.807) is 7.05 Å². The standard InChI is InChI=1S/C11H12F2N4/c1-17-10(6-15-16-17)9(14)5-7-3-2-4-8(12)11(7)13/h2-4,6,9H,5,14H2,1H3. The lowest BCUT2D eigenvalue weighted by molar-refractivity contribution is 0.491. The summed E-state index contributed by atoms with van der Waals surface area (Å²) in [4.78, 5) is 0. The molecule has 0 aliphatic rings. The average Bonchev–Trinajstić information content (AvgIpc) is 2.71. The lowest BCUT2D eigenvalue weighted by Crippen LogP contribution is -2.18. The summed E-state index contributed by atoms with van der Waals surface area (Å²) in [5, 5.41) is 7.43. The first-order valence-corrected chi connectivity index (χ1v) is 5.12. The first-order chi connectivity index (χ1) is 8.09. The van der Waals surface area contributed by atoms with Gasteiger partial charge in [0.05, 0.1) is 17.9 Å². The van der Waals surface area contributed by atoms with Crippen LogP contribution >= 0.6 is 0 Å². The molecule has 0 aliphatic carbocycles. The molecule has 1 heterocycles. The minimum atomic E-state index is -0.863. The normalized spacial score (nSPS) is 12.7. The van der Waals surface area contributed by atoms with Crippen LogP contribution in [0.5, 0.6) is 0 Å². The highest BCUT2D eigenvalue weighted by Crippen LogP contribution is 2.18. The largest absolute Gasteiger partial charge is 0.322 e. The second-order valence-electron chi connectivity index (χ2n) is 3.81. The summed E-state index contributed by atoms with van der Waals surface area (Å²) in [5.41, 5.74) is 6.82. The molecular formula is C11H12F2N4. The van der Waals surface area contributed by atoms with Crippen LogP contribution in [0.2, 0.25) is 0 Å². The van der Waals surface area contributed by atoms with Gasteiger partial charge in [-0.25, -0.2) is 8.78 Å². The Hall–Kier alpha value is -1.82. The molecular weight excluding hydrogens is 226 g/mol. The minimum Gasteiger partial charge on any atom is -0.322 e. The number of nitrogens with zero attached hydrogens (tertiary/aromatic N) is 3. The van der Waals surface area contributed by atoms with Crippen LogP contribution in [0.1, 0.15) is 17.3 Å². The Morgan fingerprint density at radius 2 is 2.18 bits per heavy atom. The second-order valence-corrected chi connectivity index (χ2v) is 3.81. The maximum Gasteiger partial charge on any atom is 0.162 e. The Morgan fingerprint density at radius 3 is 2.82 bits per heavy atom. The molecule has 6 heteroatoms. The summed E-state index contributed by atoms with van der Waals surface area (Å²) in [6, 6.07) is 3.59. The topological polar surface area (TPSA) is 56.7 Å². The van der Waals surface area contributed by atoms with Gasteiger partial charge in [0.25, 0.3) is 0 Å². The van der Waals surface area contributed by atoms with Crippen LogP contribution < -0.4 is 5.73 Å². The molecule has 0 saturated heterocycles. The van der Waals surface area contributed by atoms with Crippen molar-refractivity contribution in [2.45, 2.75) is 12.5 Å². The molecule has 1 atom stereocenters. The third-order valence-electron chi connectivity index (χ3n) is 2.60. The van der Waals surface area contributed by atoms with Gasteiger partial charge in [0.1, 0.15) is 0 Å². The zero-order valence-electron chi connectivity index (χ0n) is 9.27. The molecule has 0 amide bonds. The Morgan fingerprint density at radius 1 is 1.41 bits per heavy atom. The van der Waals surface area contributed by atoms with Crippen LogP contribution in [0.15, 0.2) is 24.4 Å². The first-order valence-electron chi connectivity index (χ1n) is 5.12. The molecule has 1 aromatic carbocycles. The van der Waals surface area contributed by atoms with E-state index in [2.05, 4.69) is 10.3 Å². The number of benzene rings is 1. The zero-order valence-corrected chi connectivity index (χ0v) is 9.27. The molecule has 0 spiro atoms. The lowest BCUT2D eigenvalue weighted by atomic mass is 10.0. The van der Waals surface area contributed by atoms with Crippen molar-refractivity contribution in [2.24, 2.45) is 12.8 Å². The molecule has 0 bridgehead atoms. The number of hydrogen-bond donors (Lipinski definition) is 1. The zero-order chi connectivity index (χ0) is 12.4. The summed E-state index contributed by atoms with van der Waals surface area (Å²) < 4.78 is 28.0. The van der Waals surface area contributed by atoms with Gasteiger partial charge in [-0.15, -0.1) is 5.10 Å². The van der Waals surface area contributed by atoms with E-state index >= 15 is 0 Å². The fourth-order valence-corrected chi connectivity index (χ4v) is 1.68. The Labute approximate surface area is 97.0 Å². The number of nitrogens with two attached hydrogens (primary N) is 1. The highest BCUT2D eigenvalue weighted by atomic mass is 19.2. The number of rotatable bonds is 3. The summed E-state index contributed by atoms with van der Waals surface area (Å²) in [6.45, 7) is 0. The molecule has 2 rings (SSSR count). The Kier molecular flexibility index (Phi) is 3.14.